The largest absolute Gasteiger partial charge is 0.443 e. The minimum Gasteiger partial charge on any atom is -0.443 e. The van der Waals surface area contributed by atoms with Crippen LogP contribution in [-0.4, -0.2) is 47.5 Å². The lowest BCUT2D eigenvalue weighted by Crippen LogP contribution is -2.43. The standard InChI is InChI=1S/C17H26N2O3/c1-5-14-8-9-15(21-13-18-10-6-7-11-18)19(12-14)16(20)22-17(2,3)4/h5,8-9,12,15H,1,6-7,10-11,13H2,2-4H3/t15-/m0/s1. The highest BCUT2D eigenvalue weighted by Gasteiger charge is 2.28. The van der Waals surface area contributed by atoms with Gasteiger partial charge in [0, 0.05) is 19.3 Å². The molecule has 0 spiro atoms. The number of nitrogens with zero attached hydrogens (tertiary/aromatic N) is 2. The van der Waals surface area contributed by atoms with Crippen LogP contribution in [-0.2, 0) is 9.47 Å². The second-order valence-electron chi connectivity index (χ2n) is 6.59. The van der Waals surface area contributed by atoms with E-state index in [0.717, 1.165) is 18.7 Å². The Morgan fingerprint density at radius 2 is 2.09 bits per heavy atom. The van der Waals surface area contributed by atoms with Crippen LogP contribution in [0.5, 0.6) is 0 Å². The molecule has 0 aromatic heterocycles. The fourth-order valence-electron chi connectivity index (χ4n) is 2.38. The third-order valence-corrected chi connectivity index (χ3v) is 3.48. The van der Waals surface area contributed by atoms with E-state index in [1.807, 2.05) is 32.9 Å². The molecule has 1 fully saturated rings. The van der Waals surface area contributed by atoms with E-state index in [1.165, 1.54) is 17.7 Å². The zero-order chi connectivity index (χ0) is 16.2. The molecule has 5 heteroatoms. The minimum atomic E-state index is -0.542. The van der Waals surface area contributed by atoms with Crippen molar-refractivity contribution in [2.75, 3.05) is 19.8 Å². The maximum absolute atomic E-state index is 12.4. The van der Waals surface area contributed by atoms with Gasteiger partial charge in [-0.3, -0.25) is 9.80 Å². The van der Waals surface area contributed by atoms with E-state index in [1.54, 1.807) is 12.3 Å². The lowest BCUT2D eigenvalue weighted by Gasteiger charge is -2.32. The lowest BCUT2D eigenvalue weighted by molar-refractivity contribution is -0.0598. The van der Waals surface area contributed by atoms with Gasteiger partial charge in [0.15, 0.2) is 6.23 Å². The quantitative estimate of drug-likeness (QED) is 0.799. The van der Waals surface area contributed by atoms with Crippen LogP contribution in [0.4, 0.5) is 4.79 Å². The SMILES string of the molecule is C=CC1=CN(C(=O)OC(C)(C)C)[C@@H](OCN2CCCC2)C=C1. The number of allylic oxidation sites excluding steroid dienone is 3. The highest BCUT2D eigenvalue weighted by molar-refractivity contribution is 5.71. The molecular weight excluding hydrogens is 280 g/mol. The zero-order valence-electron chi connectivity index (χ0n) is 13.7. The predicted molar refractivity (Wildman–Crippen MR) is 86.0 cm³/mol. The first-order valence-electron chi connectivity index (χ1n) is 7.77. The van der Waals surface area contributed by atoms with Gasteiger partial charge in [0.25, 0.3) is 0 Å². The first kappa shape index (κ1) is 16.8. The average molecular weight is 306 g/mol. The van der Waals surface area contributed by atoms with Crippen LogP contribution in [0.1, 0.15) is 33.6 Å². The fourth-order valence-corrected chi connectivity index (χ4v) is 2.38. The number of likely N-dealkylation sites (tertiary alicyclic amines) is 1. The normalized spacial score (nSPS) is 22.6. The number of carbonyl (C=O) groups is 1. The number of amides is 1. The summed E-state index contributed by atoms with van der Waals surface area (Å²) in [7, 11) is 0. The van der Waals surface area contributed by atoms with Crippen LogP contribution in [0.3, 0.4) is 0 Å². The van der Waals surface area contributed by atoms with Crippen molar-refractivity contribution in [3.8, 4) is 0 Å². The van der Waals surface area contributed by atoms with E-state index in [0.29, 0.717) is 6.73 Å². The number of ether oxygens (including phenoxy) is 2. The molecule has 2 rings (SSSR count). The molecule has 0 aromatic carbocycles. The summed E-state index contributed by atoms with van der Waals surface area (Å²) in [6.07, 6.45) is 8.74. The summed E-state index contributed by atoms with van der Waals surface area (Å²) in [4.78, 5) is 16.1. The van der Waals surface area contributed by atoms with Crippen molar-refractivity contribution in [3.63, 3.8) is 0 Å². The molecule has 122 valence electrons. The van der Waals surface area contributed by atoms with E-state index in [-0.39, 0.29) is 0 Å². The Morgan fingerprint density at radius 3 is 2.68 bits per heavy atom. The lowest BCUT2D eigenvalue weighted by atomic mass is 10.2. The van der Waals surface area contributed by atoms with Crippen molar-refractivity contribution in [1.29, 1.82) is 0 Å². The van der Waals surface area contributed by atoms with Gasteiger partial charge in [-0.05, 0) is 45.3 Å². The monoisotopic (exact) mass is 306 g/mol. The zero-order valence-corrected chi connectivity index (χ0v) is 13.7. The topological polar surface area (TPSA) is 42.0 Å². The molecule has 2 heterocycles. The molecule has 2 aliphatic rings. The van der Waals surface area contributed by atoms with Crippen LogP contribution in [0.25, 0.3) is 0 Å². The van der Waals surface area contributed by atoms with Crippen LogP contribution >= 0.6 is 0 Å². The highest BCUT2D eigenvalue weighted by Crippen LogP contribution is 2.20. The second kappa shape index (κ2) is 7.11. The Labute approximate surface area is 132 Å². The minimum absolute atomic E-state index is 0.414. The van der Waals surface area contributed by atoms with Crippen LogP contribution in [0.2, 0.25) is 0 Å². The Bertz CT molecular complexity index is 471. The van der Waals surface area contributed by atoms with E-state index in [2.05, 4.69) is 11.5 Å². The Morgan fingerprint density at radius 1 is 1.41 bits per heavy atom. The molecule has 22 heavy (non-hydrogen) atoms. The molecule has 0 unspecified atom stereocenters. The summed E-state index contributed by atoms with van der Waals surface area (Å²) in [6.45, 7) is 11.9. The smallest absolute Gasteiger partial charge is 0.416 e. The van der Waals surface area contributed by atoms with Gasteiger partial charge >= 0.3 is 6.09 Å². The second-order valence-corrected chi connectivity index (χ2v) is 6.59. The maximum atomic E-state index is 12.4. The van der Waals surface area contributed by atoms with Crippen LogP contribution in [0, 0.1) is 0 Å². The Balaban J connectivity index is 2.02. The van der Waals surface area contributed by atoms with Crippen molar-refractivity contribution in [2.24, 2.45) is 0 Å². The Kier molecular flexibility index (Phi) is 5.42. The fraction of sp³-hybridized carbons (Fsp3) is 0.588. The summed E-state index contributed by atoms with van der Waals surface area (Å²) >= 11 is 0. The van der Waals surface area contributed by atoms with Crippen LogP contribution in [0.15, 0.2) is 36.6 Å². The summed E-state index contributed by atoms with van der Waals surface area (Å²) in [6, 6.07) is 0. The van der Waals surface area contributed by atoms with Crippen molar-refractivity contribution >= 4 is 6.09 Å². The summed E-state index contributed by atoms with van der Waals surface area (Å²) < 4.78 is 11.3. The number of hydrogen-bond acceptors (Lipinski definition) is 4. The van der Waals surface area contributed by atoms with Crippen molar-refractivity contribution in [3.05, 3.63) is 36.6 Å². The molecule has 5 nitrogen and oxygen atoms in total. The molecule has 0 saturated carbocycles. The van der Waals surface area contributed by atoms with Gasteiger partial charge in [0.2, 0.25) is 0 Å². The number of hydrogen-bond donors (Lipinski definition) is 0. The molecule has 2 aliphatic heterocycles. The molecule has 1 amide bonds. The summed E-state index contributed by atoms with van der Waals surface area (Å²) in [5, 5.41) is 0. The van der Waals surface area contributed by atoms with Gasteiger partial charge in [0.05, 0.1) is 0 Å². The summed E-state index contributed by atoms with van der Waals surface area (Å²) in [5.74, 6) is 0. The molecule has 1 saturated heterocycles. The van der Waals surface area contributed by atoms with Gasteiger partial charge in [-0.1, -0.05) is 18.7 Å². The third-order valence-electron chi connectivity index (χ3n) is 3.48. The van der Waals surface area contributed by atoms with Crippen molar-refractivity contribution in [2.45, 2.75) is 45.4 Å². The van der Waals surface area contributed by atoms with Gasteiger partial charge in [-0.25, -0.2) is 4.79 Å². The first-order chi connectivity index (χ1) is 10.4. The Hall–Kier alpha value is -1.59. The molecule has 0 radical (unpaired) electrons. The van der Waals surface area contributed by atoms with Crippen LogP contribution < -0.4 is 0 Å². The van der Waals surface area contributed by atoms with Gasteiger partial charge in [-0.15, -0.1) is 0 Å². The van der Waals surface area contributed by atoms with E-state index >= 15 is 0 Å². The van der Waals surface area contributed by atoms with E-state index in [9.17, 15) is 4.79 Å². The molecule has 0 bridgehead atoms. The van der Waals surface area contributed by atoms with Crippen molar-refractivity contribution < 1.29 is 14.3 Å². The molecule has 0 aromatic rings. The van der Waals surface area contributed by atoms with Crippen molar-refractivity contribution in [1.82, 2.24) is 9.80 Å². The van der Waals surface area contributed by atoms with E-state index in [4.69, 9.17) is 9.47 Å². The van der Waals surface area contributed by atoms with Gasteiger partial charge < -0.3 is 9.47 Å². The highest BCUT2D eigenvalue weighted by atomic mass is 16.6. The first-order valence-corrected chi connectivity index (χ1v) is 7.77. The number of carbonyl (C=O) groups excluding carboxylic acids is 1. The molecule has 0 aliphatic carbocycles. The van der Waals surface area contributed by atoms with Gasteiger partial charge in [0.1, 0.15) is 12.3 Å². The molecular formula is C17H26N2O3. The summed E-state index contributed by atoms with van der Waals surface area (Å²) in [5.41, 5.74) is 0.312. The van der Waals surface area contributed by atoms with E-state index < -0.39 is 17.9 Å². The molecule has 1 atom stereocenters. The molecule has 0 N–H and O–H groups in total. The number of rotatable bonds is 4. The third kappa shape index (κ3) is 4.71. The maximum Gasteiger partial charge on any atom is 0.416 e. The predicted octanol–water partition coefficient (Wildman–Crippen LogP) is 3.26. The average Bonchev–Trinajstić information content (AvgIpc) is 2.96. The van der Waals surface area contributed by atoms with Gasteiger partial charge in [-0.2, -0.15) is 0 Å².